The van der Waals surface area contributed by atoms with E-state index >= 15 is 0 Å². The van der Waals surface area contributed by atoms with Crippen LogP contribution in [0.1, 0.15) is 63.7 Å². The van der Waals surface area contributed by atoms with Gasteiger partial charge < -0.3 is 20.8 Å². The zero-order valence-corrected chi connectivity index (χ0v) is 20.4. The fraction of sp³-hybridized carbons (Fsp3) is 0.462. The number of aryl methyl sites for hydroxylation is 1. The molecule has 1 saturated heterocycles. The molecule has 0 bridgehead atoms. The number of aromatic amines is 1. The van der Waals surface area contributed by atoms with Gasteiger partial charge in [0.15, 0.2) is 0 Å². The Labute approximate surface area is 205 Å². The van der Waals surface area contributed by atoms with Crippen LogP contribution >= 0.6 is 0 Å². The standard InChI is InChI=1S/C26H34N6O3/c1-26(14-6-16-35-26)25(34)30-21(7-4-3-5-8-23(27)33)24-28-17-22(29-24)19-11-9-18(10-12-19)20-13-15-32(2)31-20/h9-13,15,17,21H,3-8,14,16H2,1-2H3,(H2,27,33)(H,28,29)(H,30,34)/t21-,26?/m0/s1. The zero-order chi connectivity index (χ0) is 24.8. The number of carbonyl (C=O) groups excluding carboxylic acids is 2. The first-order chi connectivity index (χ1) is 16.8. The molecule has 2 aromatic heterocycles. The van der Waals surface area contributed by atoms with Gasteiger partial charge in [0, 0.05) is 31.8 Å². The van der Waals surface area contributed by atoms with Crippen molar-refractivity contribution in [1.82, 2.24) is 25.1 Å². The number of imidazole rings is 1. The normalized spacial score (nSPS) is 18.5. The summed E-state index contributed by atoms with van der Waals surface area (Å²) in [6, 6.07) is 9.84. The number of nitrogens with zero attached hydrogens (tertiary/aromatic N) is 3. The van der Waals surface area contributed by atoms with Crippen molar-refractivity contribution >= 4 is 11.8 Å². The minimum absolute atomic E-state index is 0.116. The maximum Gasteiger partial charge on any atom is 0.252 e. The first-order valence-electron chi connectivity index (χ1n) is 12.2. The number of aromatic nitrogens is 4. The molecule has 0 saturated carbocycles. The summed E-state index contributed by atoms with van der Waals surface area (Å²) in [5.41, 5.74) is 8.29. The Hall–Kier alpha value is -3.46. The predicted octanol–water partition coefficient (Wildman–Crippen LogP) is 3.64. The van der Waals surface area contributed by atoms with E-state index in [1.807, 2.05) is 50.5 Å². The summed E-state index contributed by atoms with van der Waals surface area (Å²) in [6.07, 6.45) is 8.81. The van der Waals surface area contributed by atoms with Gasteiger partial charge in [-0.3, -0.25) is 14.3 Å². The van der Waals surface area contributed by atoms with Crippen molar-refractivity contribution in [2.75, 3.05) is 6.61 Å². The number of H-pyrrole nitrogens is 1. The molecule has 1 aliphatic heterocycles. The highest BCUT2D eigenvalue weighted by Gasteiger charge is 2.39. The summed E-state index contributed by atoms with van der Waals surface area (Å²) in [5.74, 6) is 0.305. The molecule has 3 heterocycles. The van der Waals surface area contributed by atoms with Gasteiger partial charge in [-0.15, -0.1) is 0 Å². The SMILES string of the molecule is Cn1ccc(-c2ccc(-c3cnc([C@H](CCCCCC(N)=O)NC(=O)C4(C)CCCO4)[nH]3)cc2)n1. The highest BCUT2D eigenvalue weighted by molar-refractivity contribution is 5.85. The maximum absolute atomic E-state index is 13.0. The van der Waals surface area contributed by atoms with Crippen LogP contribution < -0.4 is 11.1 Å². The van der Waals surface area contributed by atoms with Gasteiger partial charge in [0.05, 0.1) is 23.6 Å². The summed E-state index contributed by atoms with van der Waals surface area (Å²) in [5, 5.41) is 7.60. The highest BCUT2D eigenvalue weighted by atomic mass is 16.5. The lowest BCUT2D eigenvalue weighted by Crippen LogP contribution is -2.45. The van der Waals surface area contributed by atoms with Crippen LogP contribution in [-0.2, 0) is 21.4 Å². The minimum atomic E-state index is -0.805. The third-order valence-electron chi connectivity index (χ3n) is 6.55. The van der Waals surface area contributed by atoms with Crippen molar-refractivity contribution in [1.29, 1.82) is 0 Å². The van der Waals surface area contributed by atoms with Crippen LogP contribution in [-0.4, -0.2) is 43.8 Å². The summed E-state index contributed by atoms with van der Waals surface area (Å²) in [6.45, 7) is 2.44. The van der Waals surface area contributed by atoms with E-state index < -0.39 is 5.60 Å². The molecule has 9 heteroatoms. The lowest BCUT2D eigenvalue weighted by molar-refractivity contribution is -0.140. The molecule has 1 aliphatic rings. The molecular weight excluding hydrogens is 444 g/mol. The van der Waals surface area contributed by atoms with Crippen LogP contribution in [0, 0.1) is 0 Å². The van der Waals surface area contributed by atoms with E-state index in [-0.39, 0.29) is 17.9 Å². The minimum Gasteiger partial charge on any atom is -0.370 e. The largest absolute Gasteiger partial charge is 0.370 e. The molecule has 0 aliphatic carbocycles. The van der Waals surface area contributed by atoms with Crippen molar-refractivity contribution in [3.05, 3.63) is 48.5 Å². The molecule has 0 spiro atoms. The predicted molar refractivity (Wildman–Crippen MR) is 133 cm³/mol. The first kappa shape index (κ1) is 24.7. The summed E-state index contributed by atoms with van der Waals surface area (Å²) in [4.78, 5) is 32.1. The van der Waals surface area contributed by atoms with Crippen LogP contribution in [0.4, 0.5) is 0 Å². The Balaban J connectivity index is 1.47. The van der Waals surface area contributed by atoms with Gasteiger partial charge in [-0.1, -0.05) is 37.1 Å². The molecule has 9 nitrogen and oxygen atoms in total. The van der Waals surface area contributed by atoms with E-state index in [2.05, 4.69) is 20.4 Å². The molecule has 35 heavy (non-hydrogen) atoms. The van der Waals surface area contributed by atoms with E-state index in [9.17, 15) is 9.59 Å². The Morgan fingerprint density at radius 1 is 1.20 bits per heavy atom. The van der Waals surface area contributed by atoms with Gasteiger partial charge in [0.2, 0.25) is 5.91 Å². The van der Waals surface area contributed by atoms with Crippen LogP contribution in [0.5, 0.6) is 0 Å². The number of hydrogen-bond donors (Lipinski definition) is 3. The van der Waals surface area contributed by atoms with Crippen LogP contribution in [0.25, 0.3) is 22.5 Å². The van der Waals surface area contributed by atoms with Crippen molar-refractivity contribution in [2.45, 2.75) is 63.5 Å². The second kappa shape index (κ2) is 10.9. The van der Waals surface area contributed by atoms with Crippen molar-refractivity contribution in [2.24, 2.45) is 12.8 Å². The number of benzene rings is 1. The molecule has 3 aromatic rings. The number of ether oxygens (including phenoxy) is 1. The van der Waals surface area contributed by atoms with Crippen LogP contribution in [0.15, 0.2) is 42.7 Å². The van der Waals surface area contributed by atoms with Gasteiger partial charge in [-0.05, 0) is 44.2 Å². The third kappa shape index (κ3) is 6.16. The molecule has 0 radical (unpaired) electrons. The number of amides is 2. The zero-order valence-electron chi connectivity index (χ0n) is 20.4. The summed E-state index contributed by atoms with van der Waals surface area (Å²) < 4.78 is 7.51. The highest BCUT2D eigenvalue weighted by Crippen LogP contribution is 2.29. The molecule has 186 valence electrons. The Morgan fingerprint density at radius 2 is 1.97 bits per heavy atom. The summed E-state index contributed by atoms with van der Waals surface area (Å²) in [7, 11) is 1.90. The molecule has 1 unspecified atom stereocenters. The Morgan fingerprint density at radius 3 is 2.63 bits per heavy atom. The van der Waals surface area contributed by atoms with Crippen LogP contribution in [0.3, 0.4) is 0 Å². The average Bonchev–Trinajstić information content (AvgIpc) is 3.60. The second-order valence-electron chi connectivity index (χ2n) is 9.41. The van der Waals surface area contributed by atoms with Gasteiger partial charge in [-0.25, -0.2) is 4.98 Å². The topological polar surface area (TPSA) is 128 Å². The molecular formula is C26H34N6O3. The number of primary amides is 1. The monoisotopic (exact) mass is 478 g/mol. The van der Waals surface area contributed by atoms with E-state index in [1.165, 1.54) is 0 Å². The lowest BCUT2D eigenvalue weighted by Gasteiger charge is -2.25. The van der Waals surface area contributed by atoms with E-state index in [0.29, 0.717) is 31.7 Å². The quantitative estimate of drug-likeness (QED) is 0.363. The lowest BCUT2D eigenvalue weighted by atomic mass is 10.00. The third-order valence-corrected chi connectivity index (χ3v) is 6.55. The molecule has 1 fully saturated rings. The molecule has 4 N–H and O–H groups in total. The maximum atomic E-state index is 13.0. The van der Waals surface area contributed by atoms with Gasteiger partial charge in [0.25, 0.3) is 5.91 Å². The number of unbranched alkanes of at least 4 members (excludes halogenated alkanes) is 2. The molecule has 2 atom stereocenters. The Bertz CT molecular complexity index is 1140. The number of carbonyl (C=O) groups is 2. The fourth-order valence-corrected chi connectivity index (χ4v) is 4.42. The van der Waals surface area contributed by atoms with E-state index in [0.717, 1.165) is 48.2 Å². The van der Waals surface area contributed by atoms with E-state index in [4.69, 9.17) is 10.5 Å². The smallest absolute Gasteiger partial charge is 0.252 e. The van der Waals surface area contributed by atoms with Gasteiger partial charge >= 0.3 is 0 Å². The number of nitrogens with one attached hydrogen (secondary N) is 2. The average molecular weight is 479 g/mol. The van der Waals surface area contributed by atoms with Crippen molar-refractivity contribution in [3.63, 3.8) is 0 Å². The van der Waals surface area contributed by atoms with Crippen molar-refractivity contribution in [3.8, 4) is 22.5 Å². The molecule has 4 rings (SSSR count). The van der Waals surface area contributed by atoms with Crippen molar-refractivity contribution < 1.29 is 14.3 Å². The number of nitrogens with two attached hydrogens (primary N) is 1. The number of rotatable bonds is 11. The first-order valence-corrected chi connectivity index (χ1v) is 12.2. The van der Waals surface area contributed by atoms with Crippen LogP contribution in [0.2, 0.25) is 0 Å². The van der Waals surface area contributed by atoms with E-state index in [1.54, 1.807) is 10.9 Å². The van der Waals surface area contributed by atoms with Gasteiger partial charge in [-0.2, -0.15) is 5.10 Å². The summed E-state index contributed by atoms with van der Waals surface area (Å²) >= 11 is 0. The molecule has 2 amide bonds. The molecule has 1 aromatic carbocycles. The van der Waals surface area contributed by atoms with Gasteiger partial charge in [0.1, 0.15) is 11.4 Å². The second-order valence-corrected chi connectivity index (χ2v) is 9.41. The Kier molecular flexibility index (Phi) is 7.65. The fourth-order valence-electron chi connectivity index (χ4n) is 4.42. The number of hydrogen-bond acceptors (Lipinski definition) is 5.